The standard InChI is InChI=1S/C12H15N3O5S/c13-9(16)6-7(12(19)20)15-10(17)3-4-14-11(18)8-2-1-5-21-8/h1-2,5,7H,3-4,6H2,(H2,13,16)(H,14,18)(H,15,17)(H,19,20)/t7-/m0/s1. The molecule has 1 atom stereocenters. The van der Waals surface area contributed by atoms with Crippen molar-refractivity contribution in [1.29, 1.82) is 0 Å². The number of carboxylic acids is 1. The van der Waals surface area contributed by atoms with Crippen LogP contribution >= 0.6 is 11.3 Å². The number of primary amides is 1. The van der Waals surface area contributed by atoms with E-state index in [1.165, 1.54) is 11.3 Å². The van der Waals surface area contributed by atoms with E-state index >= 15 is 0 Å². The predicted molar refractivity (Wildman–Crippen MR) is 74.6 cm³/mol. The quantitative estimate of drug-likeness (QED) is 0.503. The maximum atomic E-state index is 11.6. The van der Waals surface area contributed by atoms with Crippen molar-refractivity contribution in [3.63, 3.8) is 0 Å². The molecule has 1 heterocycles. The van der Waals surface area contributed by atoms with Crippen molar-refractivity contribution in [2.24, 2.45) is 5.73 Å². The van der Waals surface area contributed by atoms with Crippen LogP contribution in [0.15, 0.2) is 17.5 Å². The first-order valence-corrected chi connectivity index (χ1v) is 6.90. The van der Waals surface area contributed by atoms with Gasteiger partial charge in [-0.3, -0.25) is 14.4 Å². The Kier molecular flexibility index (Phi) is 6.34. The summed E-state index contributed by atoms with van der Waals surface area (Å²) in [6, 6.07) is 2.02. The van der Waals surface area contributed by atoms with Crippen LogP contribution < -0.4 is 16.4 Å². The van der Waals surface area contributed by atoms with Crippen LogP contribution in [-0.2, 0) is 14.4 Å². The van der Waals surface area contributed by atoms with Crippen molar-refractivity contribution < 1.29 is 24.3 Å². The number of nitrogens with one attached hydrogen (secondary N) is 2. The van der Waals surface area contributed by atoms with Crippen molar-refractivity contribution in [3.8, 4) is 0 Å². The molecule has 0 unspecified atom stereocenters. The van der Waals surface area contributed by atoms with E-state index in [1.54, 1.807) is 17.5 Å². The van der Waals surface area contributed by atoms with Crippen LogP contribution in [0, 0.1) is 0 Å². The van der Waals surface area contributed by atoms with Gasteiger partial charge in [0, 0.05) is 13.0 Å². The van der Waals surface area contributed by atoms with Crippen molar-refractivity contribution in [2.75, 3.05) is 6.54 Å². The van der Waals surface area contributed by atoms with Gasteiger partial charge < -0.3 is 21.5 Å². The minimum Gasteiger partial charge on any atom is -0.480 e. The lowest BCUT2D eigenvalue weighted by atomic mass is 10.2. The number of carboxylic acid groups (broad SMARTS) is 1. The Morgan fingerprint density at radius 3 is 2.57 bits per heavy atom. The number of hydrogen-bond donors (Lipinski definition) is 4. The fourth-order valence-electron chi connectivity index (χ4n) is 1.45. The normalized spacial score (nSPS) is 11.4. The highest BCUT2D eigenvalue weighted by Crippen LogP contribution is 2.07. The molecule has 0 saturated carbocycles. The largest absolute Gasteiger partial charge is 0.480 e. The summed E-state index contributed by atoms with van der Waals surface area (Å²) < 4.78 is 0. The van der Waals surface area contributed by atoms with Crippen LogP contribution in [-0.4, -0.2) is 41.4 Å². The second kappa shape index (κ2) is 8.00. The van der Waals surface area contributed by atoms with Crippen molar-refractivity contribution in [1.82, 2.24) is 10.6 Å². The molecule has 0 fully saturated rings. The van der Waals surface area contributed by atoms with Gasteiger partial charge in [0.05, 0.1) is 11.3 Å². The molecule has 0 aliphatic rings. The Bertz CT molecular complexity index is 529. The first-order chi connectivity index (χ1) is 9.90. The molecular weight excluding hydrogens is 298 g/mol. The van der Waals surface area contributed by atoms with E-state index < -0.39 is 30.2 Å². The first-order valence-electron chi connectivity index (χ1n) is 6.02. The molecule has 0 radical (unpaired) electrons. The third-order valence-corrected chi connectivity index (χ3v) is 3.29. The number of carbonyl (C=O) groups excluding carboxylic acids is 3. The maximum Gasteiger partial charge on any atom is 0.326 e. The minimum absolute atomic E-state index is 0.0610. The smallest absolute Gasteiger partial charge is 0.326 e. The van der Waals surface area contributed by atoms with Crippen molar-refractivity contribution in [2.45, 2.75) is 18.9 Å². The highest BCUT2D eigenvalue weighted by molar-refractivity contribution is 7.12. The summed E-state index contributed by atoms with van der Waals surface area (Å²) in [7, 11) is 0. The van der Waals surface area contributed by atoms with Gasteiger partial charge in [-0.2, -0.15) is 0 Å². The van der Waals surface area contributed by atoms with Crippen LogP contribution in [0.3, 0.4) is 0 Å². The molecule has 0 bridgehead atoms. The molecule has 1 rings (SSSR count). The molecule has 0 saturated heterocycles. The zero-order valence-electron chi connectivity index (χ0n) is 11.0. The van der Waals surface area contributed by atoms with Crippen molar-refractivity contribution in [3.05, 3.63) is 22.4 Å². The summed E-state index contributed by atoms with van der Waals surface area (Å²) in [5.41, 5.74) is 4.89. The summed E-state index contributed by atoms with van der Waals surface area (Å²) in [6.07, 6.45) is -0.581. The second-order valence-corrected chi connectivity index (χ2v) is 5.06. The molecule has 8 nitrogen and oxygen atoms in total. The van der Waals surface area contributed by atoms with Gasteiger partial charge in [0.25, 0.3) is 5.91 Å². The number of hydrogen-bond acceptors (Lipinski definition) is 5. The van der Waals surface area contributed by atoms with Gasteiger partial charge in [0.1, 0.15) is 6.04 Å². The summed E-state index contributed by atoms with van der Waals surface area (Å²) in [5, 5.41) is 15.3. The summed E-state index contributed by atoms with van der Waals surface area (Å²) in [5.74, 6) is -3.06. The van der Waals surface area contributed by atoms with E-state index in [-0.39, 0.29) is 18.9 Å². The monoisotopic (exact) mass is 313 g/mol. The molecule has 0 spiro atoms. The Labute approximate surface area is 124 Å². The van der Waals surface area contributed by atoms with Crippen LogP contribution in [0.4, 0.5) is 0 Å². The van der Waals surface area contributed by atoms with Gasteiger partial charge in [-0.05, 0) is 11.4 Å². The number of amides is 3. The van der Waals surface area contributed by atoms with Gasteiger partial charge in [0.2, 0.25) is 11.8 Å². The average molecular weight is 313 g/mol. The Morgan fingerprint density at radius 2 is 2.05 bits per heavy atom. The summed E-state index contributed by atoms with van der Waals surface area (Å²) in [4.78, 5) is 45.1. The highest BCUT2D eigenvalue weighted by Gasteiger charge is 2.21. The third kappa shape index (κ3) is 6.04. The summed E-state index contributed by atoms with van der Waals surface area (Å²) in [6.45, 7) is 0.0610. The topological polar surface area (TPSA) is 139 Å². The van der Waals surface area contributed by atoms with Crippen LogP contribution in [0.25, 0.3) is 0 Å². The molecule has 0 aromatic carbocycles. The number of rotatable bonds is 8. The molecule has 114 valence electrons. The fraction of sp³-hybridized carbons (Fsp3) is 0.333. The van der Waals surface area contributed by atoms with Crippen molar-refractivity contribution >= 4 is 35.0 Å². The average Bonchev–Trinajstić information content (AvgIpc) is 2.91. The van der Waals surface area contributed by atoms with E-state index in [0.29, 0.717) is 4.88 Å². The number of thiophene rings is 1. The molecular formula is C12H15N3O5S. The molecule has 0 aliphatic carbocycles. The Balaban J connectivity index is 2.34. The molecule has 0 aliphatic heterocycles. The first kappa shape index (κ1) is 16.6. The van der Waals surface area contributed by atoms with E-state index in [2.05, 4.69) is 10.6 Å². The Hall–Kier alpha value is -2.42. The Morgan fingerprint density at radius 1 is 1.33 bits per heavy atom. The number of aliphatic carboxylic acids is 1. The van der Waals surface area contributed by atoms with Gasteiger partial charge in [-0.25, -0.2) is 4.79 Å². The lowest BCUT2D eigenvalue weighted by molar-refractivity contribution is -0.143. The highest BCUT2D eigenvalue weighted by atomic mass is 32.1. The van der Waals surface area contributed by atoms with E-state index in [9.17, 15) is 19.2 Å². The molecule has 9 heteroatoms. The minimum atomic E-state index is -1.36. The van der Waals surface area contributed by atoms with Gasteiger partial charge >= 0.3 is 5.97 Å². The predicted octanol–water partition coefficient (Wildman–Crippen LogP) is -0.687. The zero-order chi connectivity index (χ0) is 15.8. The molecule has 1 aromatic rings. The molecule has 1 aromatic heterocycles. The van der Waals surface area contributed by atoms with Crippen LogP contribution in [0.1, 0.15) is 22.5 Å². The van der Waals surface area contributed by atoms with Gasteiger partial charge in [-0.1, -0.05) is 6.07 Å². The summed E-state index contributed by atoms with van der Waals surface area (Å²) >= 11 is 1.27. The molecule has 21 heavy (non-hydrogen) atoms. The van der Waals surface area contributed by atoms with Gasteiger partial charge in [-0.15, -0.1) is 11.3 Å². The lowest BCUT2D eigenvalue weighted by Gasteiger charge is -2.12. The van der Waals surface area contributed by atoms with Gasteiger partial charge in [0.15, 0.2) is 0 Å². The van der Waals surface area contributed by atoms with Crippen LogP contribution in [0.2, 0.25) is 0 Å². The third-order valence-electron chi connectivity index (χ3n) is 2.42. The number of nitrogens with two attached hydrogens (primary N) is 1. The maximum absolute atomic E-state index is 11.6. The fourth-order valence-corrected chi connectivity index (χ4v) is 2.09. The molecule has 3 amide bonds. The van der Waals surface area contributed by atoms with E-state index in [4.69, 9.17) is 10.8 Å². The lowest BCUT2D eigenvalue weighted by Crippen LogP contribution is -2.44. The van der Waals surface area contributed by atoms with E-state index in [0.717, 1.165) is 0 Å². The molecule has 5 N–H and O–H groups in total. The second-order valence-electron chi connectivity index (χ2n) is 4.11. The SMILES string of the molecule is NC(=O)C[C@H](NC(=O)CCNC(=O)c1cccs1)C(=O)O. The van der Waals surface area contributed by atoms with E-state index in [1.807, 2.05) is 0 Å². The number of carbonyl (C=O) groups is 4. The van der Waals surface area contributed by atoms with Crippen LogP contribution in [0.5, 0.6) is 0 Å². The zero-order valence-corrected chi connectivity index (χ0v) is 11.8.